The summed E-state index contributed by atoms with van der Waals surface area (Å²) in [5.41, 5.74) is 2.24. The summed E-state index contributed by atoms with van der Waals surface area (Å²) in [4.78, 5) is 11.9. The molecule has 0 aromatic heterocycles. The molecule has 1 saturated carbocycles. The van der Waals surface area contributed by atoms with Gasteiger partial charge in [-0.2, -0.15) is 0 Å². The van der Waals surface area contributed by atoms with Gasteiger partial charge in [-0.05, 0) is 36.5 Å². The number of aliphatic hydroxyl groups excluding tert-OH is 1. The molecule has 2 fully saturated rings. The second-order valence-corrected chi connectivity index (χ2v) is 4.15. The Morgan fingerprint density at radius 1 is 1.50 bits per heavy atom. The molecule has 1 saturated heterocycles. The minimum absolute atomic E-state index is 0.0133. The van der Waals surface area contributed by atoms with Crippen LogP contribution in [0.3, 0.4) is 0 Å². The molecule has 0 aromatic carbocycles. The predicted octanol–water partition coefficient (Wildman–Crippen LogP) is 0.737. The van der Waals surface area contributed by atoms with Crippen molar-refractivity contribution < 1.29 is 14.6 Å². The lowest BCUT2D eigenvalue weighted by molar-refractivity contribution is -0.119. The fraction of sp³-hybridized carbons (Fsp3) is 0.545. The van der Waals surface area contributed by atoms with Gasteiger partial charge in [-0.1, -0.05) is 0 Å². The minimum atomic E-state index is -0.665. The minimum Gasteiger partial charge on any atom is -0.392 e. The predicted molar refractivity (Wildman–Crippen MR) is 49.7 cm³/mol. The van der Waals surface area contributed by atoms with Crippen LogP contribution in [0.4, 0.5) is 0 Å². The first-order valence-corrected chi connectivity index (χ1v) is 5.00. The molecule has 14 heavy (non-hydrogen) atoms. The average Bonchev–Trinajstić information content (AvgIpc) is 2.80. The molecule has 0 aromatic rings. The van der Waals surface area contributed by atoms with E-state index in [4.69, 9.17) is 4.74 Å². The lowest BCUT2D eigenvalue weighted by atomic mass is 9.85. The number of ketones is 1. The van der Waals surface area contributed by atoms with Crippen LogP contribution in [0.1, 0.15) is 19.3 Å². The highest BCUT2D eigenvalue weighted by Crippen LogP contribution is 2.45. The average molecular weight is 192 g/mol. The smallest absolute Gasteiger partial charge is 0.199 e. The summed E-state index contributed by atoms with van der Waals surface area (Å²) in [6.07, 6.45) is 5.02. The van der Waals surface area contributed by atoms with Gasteiger partial charge in [-0.3, -0.25) is 4.79 Å². The van der Waals surface area contributed by atoms with Crippen molar-refractivity contribution in [3.8, 4) is 0 Å². The van der Waals surface area contributed by atoms with E-state index in [9.17, 15) is 9.90 Å². The standard InChI is InChI=1S/C11H12O3/c12-5-9-8-3-1-2-7(8)4-11(6-14-11)10(9)13/h4,12H,1-3,5-6H2. The first-order chi connectivity index (χ1) is 6.77. The Morgan fingerprint density at radius 3 is 2.93 bits per heavy atom. The Balaban J connectivity index is 2.13. The van der Waals surface area contributed by atoms with Crippen LogP contribution >= 0.6 is 0 Å². The maximum absolute atomic E-state index is 11.9. The molecule has 3 nitrogen and oxygen atoms in total. The van der Waals surface area contributed by atoms with Crippen LogP contribution in [0.5, 0.6) is 0 Å². The van der Waals surface area contributed by atoms with Crippen LogP contribution in [-0.2, 0) is 9.53 Å². The maximum atomic E-state index is 11.9. The number of Topliss-reactive ketones (excluding diaryl/α,β-unsaturated/α-hetero) is 1. The van der Waals surface area contributed by atoms with Crippen LogP contribution in [0.25, 0.3) is 0 Å². The molecule has 3 aliphatic rings. The van der Waals surface area contributed by atoms with Crippen molar-refractivity contribution in [3.63, 3.8) is 0 Å². The summed E-state index contributed by atoms with van der Waals surface area (Å²) in [5.74, 6) is -0.0133. The van der Waals surface area contributed by atoms with E-state index in [2.05, 4.69) is 0 Å². The normalized spacial score (nSPS) is 34.9. The number of carbonyl (C=O) groups is 1. The second kappa shape index (κ2) is 2.55. The van der Waals surface area contributed by atoms with Gasteiger partial charge in [0.1, 0.15) is 0 Å². The van der Waals surface area contributed by atoms with E-state index >= 15 is 0 Å². The Kier molecular flexibility index (Phi) is 1.53. The molecule has 1 heterocycles. The van der Waals surface area contributed by atoms with Crippen molar-refractivity contribution in [3.05, 3.63) is 22.8 Å². The van der Waals surface area contributed by atoms with E-state index in [1.165, 1.54) is 5.57 Å². The number of rotatable bonds is 1. The first-order valence-electron chi connectivity index (χ1n) is 5.00. The van der Waals surface area contributed by atoms with Gasteiger partial charge in [0.2, 0.25) is 0 Å². The van der Waals surface area contributed by atoms with E-state index in [-0.39, 0.29) is 12.4 Å². The van der Waals surface area contributed by atoms with Gasteiger partial charge in [0.15, 0.2) is 11.4 Å². The second-order valence-electron chi connectivity index (χ2n) is 4.15. The fourth-order valence-electron chi connectivity index (χ4n) is 2.47. The number of ether oxygens (including phenoxy) is 1. The zero-order chi connectivity index (χ0) is 9.76. The quantitative estimate of drug-likeness (QED) is 0.623. The van der Waals surface area contributed by atoms with Gasteiger partial charge < -0.3 is 9.84 Å². The number of carbonyl (C=O) groups excluding carboxylic acids is 1. The van der Waals surface area contributed by atoms with Crippen LogP contribution in [0.15, 0.2) is 22.8 Å². The highest BCUT2D eigenvalue weighted by atomic mass is 16.6. The van der Waals surface area contributed by atoms with Crippen molar-refractivity contribution in [2.24, 2.45) is 0 Å². The molecular formula is C11H12O3. The molecule has 1 N–H and O–H groups in total. The largest absolute Gasteiger partial charge is 0.392 e. The highest BCUT2D eigenvalue weighted by molar-refractivity contribution is 6.08. The molecule has 0 radical (unpaired) electrons. The molecule has 3 heteroatoms. The van der Waals surface area contributed by atoms with Crippen LogP contribution in [0, 0.1) is 0 Å². The number of hydrogen-bond acceptors (Lipinski definition) is 3. The van der Waals surface area contributed by atoms with Gasteiger partial charge in [0, 0.05) is 5.57 Å². The third-order valence-corrected chi connectivity index (χ3v) is 3.30. The van der Waals surface area contributed by atoms with Gasteiger partial charge in [-0.25, -0.2) is 0 Å². The molecule has 0 bridgehead atoms. The summed E-state index contributed by atoms with van der Waals surface area (Å²) in [6, 6.07) is 0. The van der Waals surface area contributed by atoms with Crippen LogP contribution in [-0.4, -0.2) is 29.7 Å². The molecule has 2 aliphatic carbocycles. The molecular weight excluding hydrogens is 180 g/mol. The van der Waals surface area contributed by atoms with Gasteiger partial charge >= 0.3 is 0 Å². The Morgan fingerprint density at radius 2 is 2.29 bits per heavy atom. The Labute approximate surface area is 82.1 Å². The summed E-state index contributed by atoms with van der Waals surface area (Å²) in [7, 11) is 0. The highest BCUT2D eigenvalue weighted by Gasteiger charge is 2.54. The first kappa shape index (κ1) is 8.38. The molecule has 3 rings (SSSR count). The van der Waals surface area contributed by atoms with Crippen molar-refractivity contribution in [1.82, 2.24) is 0 Å². The lowest BCUT2D eigenvalue weighted by Crippen LogP contribution is -2.30. The molecule has 1 unspecified atom stereocenters. The number of aliphatic hydroxyl groups is 1. The Hall–Kier alpha value is -0.930. The zero-order valence-corrected chi connectivity index (χ0v) is 7.88. The van der Waals surface area contributed by atoms with Crippen LogP contribution in [0.2, 0.25) is 0 Å². The summed E-state index contributed by atoms with van der Waals surface area (Å²) in [6.45, 7) is 0.350. The van der Waals surface area contributed by atoms with Crippen molar-refractivity contribution >= 4 is 5.78 Å². The van der Waals surface area contributed by atoms with Gasteiger partial charge in [-0.15, -0.1) is 0 Å². The van der Waals surface area contributed by atoms with E-state index in [1.54, 1.807) is 0 Å². The number of allylic oxidation sites excluding steroid dienone is 2. The summed E-state index contributed by atoms with van der Waals surface area (Å²) >= 11 is 0. The third-order valence-electron chi connectivity index (χ3n) is 3.30. The molecule has 1 atom stereocenters. The third kappa shape index (κ3) is 0.913. The molecule has 74 valence electrons. The topological polar surface area (TPSA) is 49.8 Å². The van der Waals surface area contributed by atoms with Crippen molar-refractivity contribution in [1.29, 1.82) is 0 Å². The van der Waals surface area contributed by atoms with E-state index in [0.717, 1.165) is 24.8 Å². The number of epoxide rings is 1. The zero-order valence-electron chi connectivity index (χ0n) is 7.88. The molecule has 1 spiro atoms. The number of fused-ring (bicyclic) bond motifs is 1. The summed E-state index contributed by atoms with van der Waals surface area (Å²) < 4.78 is 5.22. The van der Waals surface area contributed by atoms with Gasteiger partial charge in [0.05, 0.1) is 13.2 Å². The van der Waals surface area contributed by atoms with Crippen molar-refractivity contribution in [2.75, 3.05) is 13.2 Å². The SMILES string of the molecule is O=C1C(CO)=C2CCCC2=CC12CO2. The molecule has 1 aliphatic heterocycles. The van der Waals surface area contributed by atoms with Crippen molar-refractivity contribution in [2.45, 2.75) is 24.9 Å². The van der Waals surface area contributed by atoms with Crippen LogP contribution < -0.4 is 0 Å². The lowest BCUT2D eigenvalue weighted by Gasteiger charge is -2.18. The summed E-state index contributed by atoms with van der Waals surface area (Å²) in [5, 5.41) is 9.21. The van der Waals surface area contributed by atoms with Gasteiger partial charge in [0.25, 0.3) is 0 Å². The van der Waals surface area contributed by atoms with E-state index in [0.29, 0.717) is 12.2 Å². The van der Waals surface area contributed by atoms with E-state index in [1.807, 2.05) is 6.08 Å². The molecule has 0 amide bonds. The maximum Gasteiger partial charge on any atom is 0.199 e. The monoisotopic (exact) mass is 192 g/mol. The fourth-order valence-corrected chi connectivity index (χ4v) is 2.47. The Bertz CT molecular complexity index is 372. The number of hydrogen-bond donors (Lipinski definition) is 1. The van der Waals surface area contributed by atoms with E-state index < -0.39 is 5.60 Å².